The lowest BCUT2D eigenvalue weighted by Gasteiger charge is -2.24. The highest BCUT2D eigenvalue weighted by molar-refractivity contribution is 5.95. The predicted octanol–water partition coefficient (Wildman–Crippen LogP) is -1.48. The molecule has 2 rings (SSSR count). The molecular weight excluding hydrogens is 524 g/mol. The Hall–Kier alpha value is -4.66. The van der Waals surface area contributed by atoms with Gasteiger partial charge in [0.2, 0.25) is 17.7 Å². The highest BCUT2D eigenvalue weighted by Gasteiger charge is 2.30. The zero-order valence-corrected chi connectivity index (χ0v) is 22.1. The standard InChI is InChI=1S/C25H36N8O7/c1-13(24(39)40)31-22(37)18(8-9-20(34)35)32-23(38)19(11-14-12-30-17-7-3-2-5-15(14)17)33-21(36)16(26)6-4-10-29-25(27)28/h2-3,5,7,12-13,16,18-19,30H,4,6,8-11,26H2,1H3,(H,31,37)(H,32,38)(H,33,36)(H,34,35)(H,39,40)(H4,27,28,29). The van der Waals surface area contributed by atoms with E-state index >= 15 is 0 Å². The number of amides is 3. The Bertz CT molecular complexity index is 1240. The molecule has 0 saturated heterocycles. The molecule has 0 radical (unpaired) electrons. The number of H-pyrrole nitrogens is 1. The van der Waals surface area contributed by atoms with Gasteiger partial charge in [-0.25, -0.2) is 0 Å². The van der Waals surface area contributed by atoms with Crippen LogP contribution in [0.4, 0.5) is 0 Å². The number of fused-ring (bicyclic) bond motifs is 1. The van der Waals surface area contributed by atoms with Crippen molar-refractivity contribution in [3.63, 3.8) is 0 Å². The van der Waals surface area contributed by atoms with Crippen LogP contribution in [-0.2, 0) is 30.4 Å². The quantitative estimate of drug-likeness (QED) is 0.0652. The van der Waals surface area contributed by atoms with E-state index in [2.05, 4.69) is 25.9 Å². The highest BCUT2D eigenvalue weighted by atomic mass is 16.4. The van der Waals surface area contributed by atoms with Gasteiger partial charge in [-0.2, -0.15) is 0 Å². The lowest BCUT2D eigenvalue weighted by molar-refractivity contribution is -0.142. The van der Waals surface area contributed by atoms with Crippen LogP contribution >= 0.6 is 0 Å². The number of nitrogens with zero attached hydrogens (tertiary/aromatic N) is 1. The Morgan fingerprint density at radius 3 is 2.25 bits per heavy atom. The third-order valence-electron chi connectivity index (χ3n) is 6.05. The fourth-order valence-corrected chi connectivity index (χ4v) is 3.84. The number of aromatic nitrogens is 1. The molecule has 0 saturated carbocycles. The molecule has 2 aromatic rings. The Kier molecular flexibility index (Phi) is 11.9. The lowest BCUT2D eigenvalue weighted by atomic mass is 10.0. The Labute approximate surface area is 229 Å². The SMILES string of the molecule is CC(NC(=O)C(CCC(=O)O)NC(=O)C(Cc1c[nH]c2ccccc12)NC(=O)C(N)CCCN=C(N)N)C(=O)O. The largest absolute Gasteiger partial charge is 0.481 e. The number of nitrogens with two attached hydrogens (primary N) is 3. The van der Waals surface area contributed by atoms with Crippen molar-refractivity contribution in [2.45, 2.75) is 63.2 Å². The summed E-state index contributed by atoms with van der Waals surface area (Å²) < 4.78 is 0. The first kappa shape index (κ1) is 31.6. The van der Waals surface area contributed by atoms with Gasteiger partial charge in [-0.1, -0.05) is 18.2 Å². The van der Waals surface area contributed by atoms with Gasteiger partial charge >= 0.3 is 11.9 Å². The number of aromatic amines is 1. The van der Waals surface area contributed by atoms with Crippen LogP contribution in [0.1, 0.15) is 38.2 Å². The molecule has 1 heterocycles. The van der Waals surface area contributed by atoms with Gasteiger partial charge in [0, 0.05) is 36.5 Å². The normalized spacial score (nSPS) is 13.8. The van der Waals surface area contributed by atoms with E-state index < -0.39 is 60.2 Å². The summed E-state index contributed by atoms with van der Waals surface area (Å²) in [6, 6.07) is 2.48. The Balaban J connectivity index is 2.25. The van der Waals surface area contributed by atoms with E-state index in [1.807, 2.05) is 24.3 Å². The molecule has 3 amide bonds. The molecule has 0 aliphatic heterocycles. The molecule has 0 fully saturated rings. The van der Waals surface area contributed by atoms with Crippen molar-refractivity contribution in [1.82, 2.24) is 20.9 Å². The molecule has 0 aliphatic rings. The van der Waals surface area contributed by atoms with E-state index in [1.165, 1.54) is 6.92 Å². The summed E-state index contributed by atoms with van der Waals surface area (Å²) in [4.78, 5) is 68.3. The van der Waals surface area contributed by atoms with Crippen molar-refractivity contribution in [2.75, 3.05) is 6.54 Å². The lowest BCUT2D eigenvalue weighted by Crippen LogP contribution is -2.57. The molecule has 0 aliphatic carbocycles. The predicted molar refractivity (Wildman–Crippen MR) is 146 cm³/mol. The number of hydrogen-bond donors (Lipinski definition) is 9. The number of nitrogens with one attached hydrogen (secondary N) is 4. The third-order valence-corrected chi connectivity index (χ3v) is 6.05. The Morgan fingerprint density at radius 1 is 0.950 bits per heavy atom. The minimum atomic E-state index is -1.37. The molecule has 4 unspecified atom stereocenters. The van der Waals surface area contributed by atoms with Gasteiger partial charge in [0.25, 0.3) is 0 Å². The highest BCUT2D eigenvalue weighted by Crippen LogP contribution is 2.19. The van der Waals surface area contributed by atoms with Gasteiger partial charge in [0.1, 0.15) is 18.1 Å². The van der Waals surface area contributed by atoms with Crippen LogP contribution < -0.4 is 33.2 Å². The number of hydrogen-bond acceptors (Lipinski definition) is 7. The van der Waals surface area contributed by atoms with Crippen molar-refractivity contribution in [3.8, 4) is 0 Å². The molecule has 1 aromatic carbocycles. The van der Waals surface area contributed by atoms with Crippen LogP contribution in [-0.4, -0.2) is 81.5 Å². The van der Waals surface area contributed by atoms with E-state index in [9.17, 15) is 24.0 Å². The minimum absolute atomic E-state index is 0.0150. The van der Waals surface area contributed by atoms with Crippen molar-refractivity contribution in [2.24, 2.45) is 22.2 Å². The van der Waals surface area contributed by atoms with Crippen molar-refractivity contribution < 1.29 is 34.2 Å². The summed E-state index contributed by atoms with van der Waals surface area (Å²) in [6.45, 7) is 1.49. The van der Waals surface area contributed by atoms with Crippen LogP contribution in [0, 0.1) is 0 Å². The molecule has 218 valence electrons. The molecule has 15 nitrogen and oxygen atoms in total. The number of rotatable bonds is 16. The fourth-order valence-electron chi connectivity index (χ4n) is 3.84. The van der Waals surface area contributed by atoms with Gasteiger partial charge in [-0.15, -0.1) is 0 Å². The minimum Gasteiger partial charge on any atom is -0.481 e. The number of aliphatic imine (C=N–C) groups is 1. The molecule has 12 N–H and O–H groups in total. The summed E-state index contributed by atoms with van der Waals surface area (Å²) in [6.07, 6.45) is 1.56. The van der Waals surface area contributed by atoms with Crippen molar-refractivity contribution in [1.29, 1.82) is 0 Å². The van der Waals surface area contributed by atoms with Crippen LogP contribution in [0.5, 0.6) is 0 Å². The number of carboxylic acids is 2. The van der Waals surface area contributed by atoms with Gasteiger partial charge in [0.05, 0.1) is 6.04 Å². The van der Waals surface area contributed by atoms with Gasteiger partial charge in [-0.3, -0.25) is 29.0 Å². The van der Waals surface area contributed by atoms with Crippen LogP contribution in [0.2, 0.25) is 0 Å². The van der Waals surface area contributed by atoms with E-state index in [-0.39, 0.29) is 31.8 Å². The molecule has 0 bridgehead atoms. The number of carbonyl (C=O) groups is 5. The summed E-state index contributed by atoms with van der Waals surface area (Å²) in [5, 5.41) is 26.3. The average Bonchev–Trinajstić information content (AvgIpc) is 3.30. The third kappa shape index (κ3) is 9.90. The number of guanidine groups is 1. The topological polar surface area (TPSA) is 268 Å². The summed E-state index contributed by atoms with van der Waals surface area (Å²) in [7, 11) is 0. The fraction of sp³-hybridized carbons (Fsp3) is 0.440. The molecule has 1 aromatic heterocycles. The number of para-hydroxylation sites is 1. The number of carbonyl (C=O) groups excluding carboxylic acids is 3. The van der Waals surface area contributed by atoms with Gasteiger partial charge < -0.3 is 48.3 Å². The maximum Gasteiger partial charge on any atom is 0.325 e. The number of carboxylic acid groups (broad SMARTS) is 2. The van der Waals surface area contributed by atoms with Gasteiger partial charge in [0.15, 0.2) is 5.96 Å². The summed E-state index contributed by atoms with van der Waals surface area (Å²) in [5.74, 6) is -4.90. The van der Waals surface area contributed by atoms with Crippen molar-refractivity contribution in [3.05, 3.63) is 36.0 Å². The van der Waals surface area contributed by atoms with Gasteiger partial charge in [-0.05, 0) is 37.8 Å². The molecule has 40 heavy (non-hydrogen) atoms. The van der Waals surface area contributed by atoms with E-state index in [0.29, 0.717) is 12.0 Å². The van der Waals surface area contributed by atoms with Crippen LogP contribution in [0.3, 0.4) is 0 Å². The first-order chi connectivity index (χ1) is 18.9. The molecule has 0 spiro atoms. The molecular formula is C25H36N8O7. The maximum atomic E-state index is 13.4. The van der Waals surface area contributed by atoms with Crippen LogP contribution in [0.25, 0.3) is 10.9 Å². The second-order valence-corrected chi connectivity index (χ2v) is 9.24. The van der Waals surface area contributed by atoms with Crippen LogP contribution in [0.15, 0.2) is 35.5 Å². The average molecular weight is 561 g/mol. The van der Waals surface area contributed by atoms with E-state index in [0.717, 1.165) is 10.9 Å². The van der Waals surface area contributed by atoms with E-state index in [4.69, 9.17) is 27.4 Å². The van der Waals surface area contributed by atoms with Crippen molar-refractivity contribution >= 4 is 46.5 Å². The van der Waals surface area contributed by atoms with E-state index in [1.54, 1.807) is 6.20 Å². The zero-order valence-electron chi connectivity index (χ0n) is 22.1. The summed E-state index contributed by atoms with van der Waals surface area (Å²) >= 11 is 0. The monoisotopic (exact) mass is 560 g/mol. The number of benzene rings is 1. The smallest absolute Gasteiger partial charge is 0.325 e. The second kappa shape index (κ2) is 15.1. The molecule has 4 atom stereocenters. The maximum absolute atomic E-state index is 13.4. The first-order valence-corrected chi connectivity index (χ1v) is 12.6. The Morgan fingerprint density at radius 2 is 1.60 bits per heavy atom. The second-order valence-electron chi connectivity index (χ2n) is 9.24. The summed E-state index contributed by atoms with van der Waals surface area (Å²) in [5.41, 5.74) is 18.1. The molecule has 15 heteroatoms. The zero-order chi connectivity index (χ0) is 29.8. The first-order valence-electron chi connectivity index (χ1n) is 12.6. The number of aliphatic carboxylic acids is 2.